The second kappa shape index (κ2) is 6.23. The second-order valence-electron chi connectivity index (χ2n) is 4.48. The molecule has 0 aliphatic rings. The van der Waals surface area contributed by atoms with Crippen molar-refractivity contribution in [2.75, 3.05) is 0 Å². The number of halogens is 2. The first-order chi connectivity index (χ1) is 9.09. The lowest BCUT2D eigenvalue weighted by atomic mass is 9.93. The minimum absolute atomic E-state index is 0.112. The summed E-state index contributed by atoms with van der Waals surface area (Å²) in [6, 6.07) is 15.0. The van der Waals surface area contributed by atoms with Gasteiger partial charge in [-0.1, -0.05) is 66.5 Å². The third kappa shape index (κ3) is 3.37. The van der Waals surface area contributed by atoms with Gasteiger partial charge in [-0.05, 0) is 23.3 Å². The summed E-state index contributed by atoms with van der Waals surface area (Å²) in [5.41, 5.74) is 1.72. The molecule has 98 valence electrons. The van der Waals surface area contributed by atoms with Gasteiger partial charge in [0, 0.05) is 22.4 Å². The van der Waals surface area contributed by atoms with Crippen LogP contribution in [0.25, 0.3) is 0 Å². The predicted octanol–water partition coefficient (Wildman–Crippen LogP) is 4.91. The zero-order valence-corrected chi connectivity index (χ0v) is 12.1. The van der Waals surface area contributed by atoms with E-state index in [1.807, 2.05) is 37.3 Å². The van der Waals surface area contributed by atoms with Crippen molar-refractivity contribution in [3.63, 3.8) is 0 Å². The number of carbonyl (C=O) groups excluding carboxylic acids is 1. The van der Waals surface area contributed by atoms with Crippen molar-refractivity contribution in [1.29, 1.82) is 0 Å². The third-order valence-corrected chi connectivity index (χ3v) is 3.90. The molecule has 0 amide bonds. The van der Waals surface area contributed by atoms with E-state index in [1.54, 1.807) is 18.2 Å². The van der Waals surface area contributed by atoms with E-state index in [4.69, 9.17) is 23.2 Å². The molecule has 1 atom stereocenters. The fourth-order valence-corrected chi connectivity index (χ4v) is 2.49. The molecule has 0 radical (unpaired) electrons. The first-order valence-electron chi connectivity index (χ1n) is 6.10. The van der Waals surface area contributed by atoms with E-state index >= 15 is 0 Å². The molecule has 0 saturated heterocycles. The van der Waals surface area contributed by atoms with Gasteiger partial charge in [0.1, 0.15) is 5.78 Å². The smallest absolute Gasteiger partial charge is 0.144 e. The number of hydrogen-bond donors (Lipinski definition) is 0. The number of Topliss-reactive ketones (excluding diaryl/α,β-unsaturated/α-hetero) is 1. The second-order valence-corrected chi connectivity index (χ2v) is 5.29. The molecule has 0 saturated carbocycles. The third-order valence-electron chi connectivity index (χ3n) is 3.20. The van der Waals surface area contributed by atoms with Crippen LogP contribution >= 0.6 is 23.2 Å². The highest BCUT2D eigenvalue weighted by atomic mass is 35.5. The molecule has 0 aliphatic carbocycles. The van der Waals surface area contributed by atoms with E-state index in [2.05, 4.69) is 0 Å². The Bertz CT molecular complexity index is 558. The van der Waals surface area contributed by atoms with Crippen molar-refractivity contribution in [2.24, 2.45) is 0 Å². The Labute approximate surface area is 123 Å². The van der Waals surface area contributed by atoms with E-state index in [-0.39, 0.29) is 18.1 Å². The van der Waals surface area contributed by atoms with Crippen LogP contribution in [-0.2, 0) is 11.2 Å². The molecule has 0 heterocycles. The van der Waals surface area contributed by atoms with Crippen molar-refractivity contribution in [3.8, 4) is 0 Å². The van der Waals surface area contributed by atoms with Crippen LogP contribution in [0.5, 0.6) is 0 Å². The van der Waals surface area contributed by atoms with E-state index in [1.165, 1.54) is 0 Å². The normalized spacial score (nSPS) is 12.2. The monoisotopic (exact) mass is 292 g/mol. The van der Waals surface area contributed by atoms with Gasteiger partial charge in [0.15, 0.2) is 0 Å². The molecular formula is C16H14Cl2O. The summed E-state index contributed by atoms with van der Waals surface area (Å²) in [5.74, 6) is -0.0465. The average Bonchev–Trinajstić information content (AvgIpc) is 2.43. The number of hydrogen-bond acceptors (Lipinski definition) is 1. The standard InChI is InChI=1S/C16H14Cl2O/c1-11(12-6-3-2-4-7-12)16(19)10-13-14(17)8-5-9-15(13)18/h2-9,11H,10H2,1H3. The summed E-state index contributed by atoms with van der Waals surface area (Å²) >= 11 is 12.2. The van der Waals surface area contributed by atoms with Gasteiger partial charge in [0.05, 0.1) is 0 Å². The Balaban J connectivity index is 2.18. The van der Waals surface area contributed by atoms with E-state index in [0.717, 1.165) is 5.56 Å². The van der Waals surface area contributed by atoms with Crippen molar-refractivity contribution >= 4 is 29.0 Å². The summed E-state index contributed by atoms with van der Waals surface area (Å²) in [6.45, 7) is 1.91. The van der Waals surface area contributed by atoms with Crippen LogP contribution in [0.15, 0.2) is 48.5 Å². The Morgan fingerprint density at radius 2 is 1.58 bits per heavy atom. The summed E-state index contributed by atoms with van der Waals surface area (Å²) in [5, 5.41) is 1.09. The molecule has 3 heteroatoms. The van der Waals surface area contributed by atoms with Gasteiger partial charge in [0.25, 0.3) is 0 Å². The van der Waals surface area contributed by atoms with Crippen LogP contribution in [0.2, 0.25) is 10.0 Å². The number of rotatable bonds is 4. The molecule has 0 spiro atoms. The molecule has 19 heavy (non-hydrogen) atoms. The zero-order chi connectivity index (χ0) is 13.8. The van der Waals surface area contributed by atoms with E-state index < -0.39 is 0 Å². The first-order valence-corrected chi connectivity index (χ1v) is 6.85. The lowest BCUT2D eigenvalue weighted by molar-refractivity contribution is -0.119. The molecule has 0 aliphatic heterocycles. The van der Waals surface area contributed by atoms with Gasteiger partial charge in [-0.15, -0.1) is 0 Å². The maximum atomic E-state index is 12.3. The van der Waals surface area contributed by atoms with Crippen molar-refractivity contribution in [1.82, 2.24) is 0 Å². The Hall–Kier alpha value is -1.31. The highest BCUT2D eigenvalue weighted by Gasteiger charge is 2.18. The minimum atomic E-state index is -0.159. The van der Waals surface area contributed by atoms with E-state index in [0.29, 0.717) is 15.6 Å². The highest BCUT2D eigenvalue weighted by molar-refractivity contribution is 6.36. The molecule has 0 aromatic heterocycles. The van der Waals surface area contributed by atoms with Crippen LogP contribution in [0.1, 0.15) is 24.0 Å². The molecule has 2 aromatic rings. The Morgan fingerprint density at radius 1 is 1.00 bits per heavy atom. The van der Waals surface area contributed by atoms with Crippen LogP contribution in [0, 0.1) is 0 Å². The van der Waals surface area contributed by atoms with Gasteiger partial charge in [0.2, 0.25) is 0 Å². The number of ketones is 1. The molecule has 2 aromatic carbocycles. The molecular weight excluding hydrogens is 279 g/mol. The van der Waals surface area contributed by atoms with Crippen LogP contribution in [-0.4, -0.2) is 5.78 Å². The van der Waals surface area contributed by atoms with Gasteiger partial charge >= 0.3 is 0 Å². The van der Waals surface area contributed by atoms with Crippen LogP contribution in [0.3, 0.4) is 0 Å². The number of carbonyl (C=O) groups is 1. The maximum Gasteiger partial charge on any atom is 0.144 e. The molecule has 1 nitrogen and oxygen atoms in total. The molecule has 0 bridgehead atoms. The van der Waals surface area contributed by atoms with E-state index in [9.17, 15) is 4.79 Å². The predicted molar refractivity (Wildman–Crippen MR) is 80.0 cm³/mol. The lowest BCUT2D eigenvalue weighted by Crippen LogP contribution is -2.12. The van der Waals surface area contributed by atoms with Crippen molar-refractivity contribution < 1.29 is 4.79 Å². The van der Waals surface area contributed by atoms with Crippen LogP contribution in [0.4, 0.5) is 0 Å². The zero-order valence-electron chi connectivity index (χ0n) is 10.6. The van der Waals surface area contributed by atoms with Gasteiger partial charge in [-0.2, -0.15) is 0 Å². The van der Waals surface area contributed by atoms with Crippen LogP contribution < -0.4 is 0 Å². The van der Waals surface area contributed by atoms with Gasteiger partial charge in [-0.3, -0.25) is 4.79 Å². The molecule has 0 N–H and O–H groups in total. The Kier molecular flexibility index (Phi) is 4.62. The highest BCUT2D eigenvalue weighted by Crippen LogP contribution is 2.27. The first kappa shape index (κ1) is 14.1. The fourth-order valence-electron chi connectivity index (χ4n) is 1.96. The quantitative estimate of drug-likeness (QED) is 0.783. The summed E-state index contributed by atoms with van der Waals surface area (Å²) in [4.78, 5) is 12.3. The van der Waals surface area contributed by atoms with Gasteiger partial charge in [-0.25, -0.2) is 0 Å². The topological polar surface area (TPSA) is 17.1 Å². The summed E-state index contributed by atoms with van der Waals surface area (Å²) in [7, 11) is 0. The largest absolute Gasteiger partial charge is 0.299 e. The summed E-state index contributed by atoms with van der Waals surface area (Å²) < 4.78 is 0. The van der Waals surface area contributed by atoms with Gasteiger partial charge < -0.3 is 0 Å². The number of benzene rings is 2. The molecule has 2 rings (SSSR count). The minimum Gasteiger partial charge on any atom is -0.299 e. The van der Waals surface area contributed by atoms with Crippen molar-refractivity contribution in [3.05, 3.63) is 69.7 Å². The maximum absolute atomic E-state index is 12.3. The molecule has 0 fully saturated rings. The fraction of sp³-hybridized carbons (Fsp3) is 0.188. The Morgan fingerprint density at radius 3 is 2.16 bits per heavy atom. The lowest BCUT2D eigenvalue weighted by Gasteiger charge is -2.12. The molecule has 1 unspecified atom stereocenters. The SMILES string of the molecule is CC(C(=O)Cc1c(Cl)cccc1Cl)c1ccccc1. The average molecular weight is 293 g/mol. The summed E-state index contributed by atoms with van der Waals surface area (Å²) in [6.07, 6.45) is 0.258. The van der Waals surface area contributed by atoms with Crippen molar-refractivity contribution in [2.45, 2.75) is 19.3 Å².